The van der Waals surface area contributed by atoms with Gasteiger partial charge in [-0.25, -0.2) is 9.37 Å². The second kappa shape index (κ2) is 7.87. The Hall–Kier alpha value is -3.07. The van der Waals surface area contributed by atoms with Crippen LogP contribution in [0, 0.1) is 5.82 Å². The van der Waals surface area contributed by atoms with Crippen molar-refractivity contribution in [3.63, 3.8) is 0 Å². The lowest BCUT2D eigenvalue weighted by atomic mass is 10.1. The van der Waals surface area contributed by atoms with Crippen LogP contribution in [0.3, 0.4) is 0 Å². The van der Waals surface area contributed by atoms with Crippen LogP contribution < -0.4 is 15.4 Å². The molecule has 1 unspecified atom stereocenters. The summed E-state index contributed by atoms with van der Waals surface area (Å²) in [4.78, 5) is 16.3. The van der Waals surface area contributed by atoms with E-state index in [2.05, 4.69) is 25.8 Å². The number of pyridine rings is 1. The van der Waals surface area contributed by atoms with Crippen LogP contribution in [0.1, 0.15) is 28.9 Å². The van der Waals surface area contributed by atoms with Crippen LogP contribution in [-0.4, -0.2) is 28.2 Å². The van der Waals surface area contributed by atoms with Gasteiger partial charge in [0.2, 0.25) is 5.13 Å². The lowest BCUT2D eigenvalue weighted by Gasteiger charge is -2.18. The molecule has 1 aromatic carbocycles. The summed E-state index contributed by atoms with van der Waals surface area (Å²) in [5, 5.41) is 13.5. The van der Waals surface area contributed by atoms with E-state index < -0.39 is 0 Å². The number of carbonyl (C=O) groups is 1. The number of nitrogens with one attached hydrogen (secondary N) is 2. The quantitative estimate of drug-likeness (QED) is 0.687. The normalized spacial score (nSPS) is 11.7. The molecule has 0 aliphatic carbocycles. The summed E-state index contributed by atoms with van der Waals surface area (Å²) >= 11 is 1.23. The molecule has 2 N–H and O–H groups in total. The molecule has 0 saturated heterocycles. The maximum atomic E-state index is 14.1. The first kappa shape index (κ1) is 17.7. The molecule has 3 aromatic rings. The van der Waals surface area contributed by atoms with E-state index >= 15 is 0 Å². The minimum atomic E-state index is -0.375. The van der Waals surface area contributed by atoms with Crippen molar-refractivity contribution in [3.05, 3.63) is 59.0 Å². The Balaban J connectivity index is 1.70. The van der Waals surface area contributed by atoms with E-state index in [1.165, 1.54) is 36.2 Å². The monoisotopic (exact) mass is 373 g/mol. The lowest BCUT2D eigenvalue weighted by molar-refractivity contribution is 0.102. The highest BCUT2D eigenvalue weighted by atomic mass is 32.1. The van der Waals surface area contributed by atoms with Gasteiger partial charge in [0, 0.05) is 6.20 Å². The summed E-state index contributed by atoms with van der Waals surface area (Å²) in [6, 6.07) is 7.57. The number of nitrogens with zero attached hydrogens (tertiary/aromatic N) is 3. The van der Waals surface area contributed by atoms with Crippen LogP contribution in [0.4, 0.5) is 15.3 Å². The molecule has 2 aromatic heterocycles. The maximum absolute atomic E-state index is 14.1. The summed E-state index contributed by atoms with van der Waals surface area (Å²) in [7, 11) is 1.49. The zero-order chi connectivity index (χ0) is 18.5. The summed E-state index contributed by atoms with van der Waals surface area (Å²) in [6.45, 7) is 1.80. The van der Waals surface area contributed by atoms with Crippen molar-refractivity contribution in [2.45, 2.75) is 13.0 Å². The fourth-order valence-corrected chi connectivity index (χ4v) is 2.86. The van der Waals surface area contributed by atoms with Crippen LogP contribution in [0.5, 0.6) is 5.75 Å². The Bertz CT molecular complexity index is 887. The number of rotatable bonds is 6. The van der Waals surface area contributed by atoms with E-state index in [-0.39, 0.29) is 17.8 Å². The molecule has 0 fully saturated rings. The van der Waals surface area contributed by atoms with Crippen LogP contribution in [0.2, 0.25) is 0 Å². The minimum absolute atomic E-state index is 0.329. The third-order valence-electron chi connectivity index (χ3n) is 3.64. The molecule has 134 valence electrons. The Morgan fingerprint density at radius 2 is 2.15 bits per heavy atom. The predicted octanol–water partition coefficient (Wildman–Crippen LogP) is 3.51. The standard InChI is InChI=1S/C17H16FN5O2S/c1-10(15-12(18)4-3-5-13(15)25-2)21-14-7-6-11(8-19-14)16(24)22-17-23-20-9-26-17/h3-10H,1-2H3,(H,19,21)(H,22,23,24). The number of anilines is 2. The van der Waals surface area contributed by atoms with Gasteiger partial charge in [-0.3, -0.25) is 10.1 Å². The van der Waals surface area contributed by atoms with E-state index in [4.69, 9.17) is 4.74 Å². The topological polar surface area (TPSA) is 89.0 Å². The molecule has 26 heavy (non-hydrogen) atoms. The first-order valence-corrected chi connectivity index (χ1v) is 8.59. The average molecular weight is 373 g/mol. The van der Waals surface area contributed by atoms with Crippen molar-refractivity contribution in [1.29, 1.82) is 0 Å². The Morgan fingerprint density at radius 3 is 2.81 bits per heavy atom. The molecule has 0 aliphatic rings. The van der Waals surface area contributed by atoms with Gasteiger partial charge in [0.05, 0.1) is 24.3 Å². The largest absolute Gasteiger partial charge is 0.496 e. The van der Waals surface area contributed by atoms with Gasteiger partial charge >= 0.3 is 0 Å². The lowest BCUT2D eigenvalue weighted by Crippen LogP contribution is -2.14. The van der Waals surface area contributed by atoms with Crippen molar-refractivity contribution in [2.24, 2.45) is 0 Å². The number of hydrogen-bond donors (Lipinski definition) is 2. The molecule has 1 amide bonds. The summed E-state index contributed by atoms with van der Waals surface area (Å²) in [5.41, 5.74) is 2.32. The van der Waals surface area contributed by atoms with E-state index in [0.717, 1.165) is 0 Å². The number of halogens is 1. The van der Waals surface area contributed by atoms with Crippen LogP contribution in [0.15, 0.2) is 42.0 Å². The van der Waals surface area contributed by atoms with Crippen molar-refractivity contribution >= 4 is 28.2 Å². The summed E-state index contributed by atoms with van der Waals surface area (Å²) in [5.74, 6) is 0.273. The fraction of sp³-hybridized carbons (Fsp3) is 0.176. The molecule has 1 atom stereocenters. The van der Waals surface area contributed by atoms with Crippen molar-refractivity contribution in [3.8, 4) is 5.75 Å². The van der Waals surface area contributed by atoms with Gasteiger partial charge in [-0.1, -0.05) is 17.4 Å². The molecule has 3 rings (SSSR count). The molecule has 0 bridgehead atoms. The second-order valence-electron chi connectivity index (χ2n) is 5.35. The Morgan fingerprint density at radius 1 is 1.31 bits per heavy atom. The van der Waals surface area contributed by atoms with Gasteiger partial charge in [0.1, 0.15) is 22.9 Å². The average Bonchev–Trinajstić information content (AvgIpc) is 3.14. The Kier molecular flexibility index (Phi) is 5.37. The fourth-order valence-electron chi connectivity index (χ4n) is 2.42. The molecule has 2 heterocycles. The number of amides is 1. The molecule has 7 nitrogen and oxygen atoms in total. The molecular weight excluding hydrogens is 357 g/mol. The highest BCUT2D eigenvalue weighted by Gasteiger charge is 2.17. The Labute approximate surface area is 153 Å². The predicted molar refractivity (Wildman–Crippen MR) is 97.1 cm³/mol. The van der Waals surface area contributed by atoms with E-state index in [0.29, 0.717) is 27.8 Å². The van der Waals surface area contributed by atoms with Gasteiger partial charge in [0.25, 0.3) is 5.91 Å². The van der Waals surface area contributed by atoms with Crippen molar-refractivity contribution in [2.75, 3.05) is 17.7 Å². The first-order valence-electron chi connectivity index (χ1n) is 7.71. The number of ether oxygens (including phenoxy) is 1. The number of methoxy groups -OCH3 is 1. The molecular formula is C17H16FN5O2S. The number of hydrogen-bond acceptors (Lipinski definition) is 7. The smallest absolute Gasteiger partial charge is 0.259 e. The molecule has 0 aliphatic heterocycles. The second-order valence-corrected chi connectivity index (χ2v) is 6.19. The summed E-state index contributed by atoms with van der Waals surface area (Å²) in [6.07, 6.45) is 1.43. The highest BCUT2D eigenvalue weighted by Crippen LogP contribution is 2.29. The van der Waals surface area contributed by atoms with E-state index in [1.807, 2.05) is 0 Å². The van der Waals surface area contributed by atoms with Gasteiger partial charge in [-0.15, -0.1) is 10.2 Å². The first-order chi connectivity index (χ1) is 12.6. The zero-order valence-electron chi connectivity index (χ0n) is 14.1. The zero-order valence-corrected chi connectivity index (χ0v) is 14.9. The highest BCUT2D eigenvalue weighted by molar-refractivity contribution is 7.13. The van der Waals surface area contributed by atoms with Crippen LogP contribution in [-0.2, 0) is 0 Å². The summed E-state index contributed by atoms with van der Waals surface area (Å²) < 4.78 is 19.4. The van der Waals surface area contributed by atoms with Gasteiger partial charge in [-0.05, 0) is 31.2 Å². The number of aromatic nitrogens is 3. The maximum Gasteiger partial charge on any atom is 0.259 e. The van der Waals surface area contributed by atoms with Crippen LogP contribution >= 0.6 is 11.3 Å². The minimum Gasteiger partial charge on any atom is -0.496 e. The van der Waals surface area contributed by atoms with E-state index in [9.17, 15) is 9.18 Å². The SMILES string of the molecule is COc1cccc(F)c1C(C)Nc1ccc(C(=O)Nc2nncs2)cn1. The van der Waals surface area contributed by atoms with E-state index in [1.54, 1.807) is 31.2 Å². The van der Waals surface area contributed by atoms with Gasteiger partial charge in [-0.2, -0.15) is 0 Å². The molecule has 0 saturated carbocycles. The van der Waals surface area contributed by atoms with Crippen molar-refractivity contribution in [1.82, 2.24) is 15.2 Å². The third kappa shape index (κ3) is 3.94. The molecule has 0 spiro atoms. The third-order valence-corrected chi connectivity index (χ3v) is 4.24. The van der Waals surface area contributed by atoms with Crippen molar-refractivity contribution < 1.29 is 13.9 Å². The van der Waals surface area contributed by atoms with Gasteiger partial charge in [0.15, 0.2) is 0 Å². The van der Waals surface area contributed by atoms with Crippen LogP contribution in [0.25, 0.3) is 0 Å². The number of carbonyl (C=O) groups excluding carboxylic acids is 1. The number of benzene rings is 1. The molecule has 9 heteroatoms. The molecule has 0 radical (unpaired) electrons. The van der Waals surface area contributed by atoms with Gasteiger partial charge < -0.3 is 10.1 Å².